The topological polar surface area (TPSA) is 51.6 Å². The summed E-state index contributed by atoms with van der Waals surface area (Å²) in [7, 11) is 0. The molecule has 3 nitrogen and oxygen atoms in total. The van der Waals surface area contributed by atoms with Gasteiger partial charge >= 0.3 is 0 Å². The van der Waals surface area contributed by atoms with Crippen molar-refractivity contribution in [2.45, 2.75) is 6.54 Å². The van der Waals surface area contributed by atoms with E-state index < -0.39 is 5.82 Å². The fourth-order valence-electron chi connectivity index (χ4n) is 1.40. The second-order valence-corrected chi connectivity index (χ2v) is 3.36. The normalized spacial score (nSPS) is 9.75. The summed E-state index contributed by atoms with van der Waals surface area (Å²) >= 11 is 0. The maximum absolute atomic E-state index is 13.4. The molecule has 0 unspecified atom stereocenters. The molecule has 0 spiro atoms. The van der Waals surface area contributed by atoms with Crippen LogP contribution in [0.4, 0.5) is 10.1 Å². The van der Waals surface area contributed by atoms with Crippen LogP contribution < -0.4 is 5.32 Å². The summed E-state index contributed by atoms with van der Waals surface area (Å²) in [5, 5.41) is 11.5. The minimum absolute atomic E-state index is 0.322. The van der Waals surface area contributed by atoms with Crippen LogP contribution in [0.3, 0.4) is 0 Å². The van der Waals surface area contributed by atoms with Gasteiger partial charge in [-0.3, -0.25) is 0 Å². The van der Waals surface area contributed by atoms with E-state index in [1.807, 2.05) is 24.4 Å². The zero-order chi connectivity index (χ0) is 11.4. The van der Waals surface area contributed by atoms with E-state index in [0.29, 0.717) is 17.8 Å². The van der Waals surface area contributed by atoms with Gasteiger partial charge < -0.3 is 10.3 Å². The largest absolute Gasteiger partial charge is 0.377 e. The van der Waals surface area contributed by atoms with Crippen molar-refractivity contribution in [2.75, 3.05) is 5.32 Å². The first-order chi connectivity index (χ1) is 7.79. The summed E-state index contributed by atoms with van der Waals surface area (Å²) in [5.41, 5.74) is 1.69. The Bertz CT molecular complexity index is 512. The van der Waals surface area contributed by atoms with Crippen LogP contribution in [0.25, 0.3) is 0 Å². The molecule has 0 bridgehead atoms. The van der Waals surface area contributed by atoms with Crippen LogP contribution >= 0.6 is 0 Å². The monoisotopic (exact) mass is 215 g/mol. The van der Waals surface area contributed by atoms with Gasteiger partial charge in [-0.25, -0.2) is 4.39 Å². The van der Waals surface area contributed by atoms with Crippen molar-refractivity contribution >= 4 is 5.69 Å². The molecule has 4 heteroatoms. The quantitative estimate of drug-likeness (QED) is 0.826. The lowest BCUT2D eigenvalue weighted by Crippen LogP contribution is -2.01. The average Bonchev–Trinajstić information content (AvgIpc) is 2.80. The van der Waals surface area contributed by atoms with E-state index in [0.717, 1.165) is 5.69 Å². The Morgan fingerprint density at radius 3 is 2.88 bits per heavy atom. The predicted octanol–water partition coefficient (Wildman–Crippen LogP) is 2.64. The number of halogens is 1. The van der Waals surface area contributed by atoms with Crippen molar-refractivity contribution in [1.82, 2.24) is 4.98 Å². The number of anilines is 1. The van der Waals surface area contributed by atoms with Crippen LogP contribution in [0.5, 0.6) is 0 Å². The second-order valence-electron chi connectivity index (χ2n) is 3.36. The lowest BCUT2D eigenvalue weighted by molar-refractivity contribution is 0.629. The molecule has 2 rings (SSSR count). The van der Waals surface area contributed by atoms with Crippen molar-refractivity contribution in [1.29, 1.82) is 5.26 Å². The van der Waals surface area contributed by atoms with Gasteiger partial charge in [0.25, 0.3) is 0 Å². The maximum atomic E-state index is 13.4. The van der Waals surface area contributed by atoms with Crippen LogP contribution in [-0.4, -0.2) is 4.98 Å². The van der Waals surface area contributed by atoms with Crippen molar-refractivity contribution in [3.8, 4) is 6.07 Å². The SMILES string of the molecule is N#Cc1ccc(NCc2ccc[nH]2)c(F)c1. The van der Waals surface area contributed by atoms with Gasteiger partial charge in [0.2, 0.25) is 0 Å². The molecule has 0 saturated heterocycles. The third-order valence-corrected chi connectivity index (χ3v) is 2.23. The number of nitriles is 1. The van der Waals surface area contributed by atoms with Gasteiger partial charge in [-0.05, 0) is 30.3 Å². The van der Waals surface area contributed by atoms with Gasteiger partial charge in [0.1, 0.15) is 5.82 Å². The van der Waals surface area contributed by atoms with Gasteiger partial charge in [-0.15, -0.1) is 0 Å². The fraction of sp³-hybridized carbons (Fsp3) is 0.0833. The molecule has 0 aliphatic rings. The van der Waals surface area contributed by atoms with Crippen molar-refractivity contribution in [3.63, 3.8) is 0 Å². The zero-order valence-electron chi connectivity index (χ0n) is 8.50. The Morgan fingerprint density at radius 2 is 2.25 bits per heavy atom. The van der Waals surface area contributed by atoms with E-state index >= 15 is 0 Å². The third kappa shape index (κ3) is 2.20. The first-order valence-electron chi connectivity index (χ1n) is 4.85. The number of benzene rings is 1. The van der Waals surface area contributed by atoms with Gasteiger partial charge in [0, 0.05) is 11.9 Å². The molecule has 1 aromatic heterocycles. The van der Waals surface area contributed by atoms with E-state index in [4.69, 9.17) is 5.26 Å². The van der Waals surface area contributed by atoms with Gasteiger partial charge in [-0.1, -0.05) is 0 Å². The molecule has 0 aliphatic heterocycles. The number of aromatic nitrogens is 1. The van der Waals surface area contributed by atoms with E-state index in [1.165, 1.54) is 6.07 Å². The maximum Gasteiger partial charge on any atom is 0.147 e. The third-order valence-electron chi connectivity index (χ3n) is 2.23. The number of nitrogens with one attached hydrogen (secondary N) is 2. The molecule has 0 radical (unpaired) electrons. The minimum Gasteiger partial charge on any atom is -0.377 e. The Kier molecular flexibility index (Phi) is 2.88. The van der Waals surface area contributed by atoms with Crippen LogP contribution in [0, 0.1) is 17.1 Å². The number of nitrogens with zero attached hydrogens (tertiary/aromatic N) is 1. The molecule has 1 aromatic carbocycles. The number of aromatic amines is 1. The van der Waals surface area contributed by atoms with Crippen molar-refractivity contribution in [3.05, 3.63) is 53.6 Å². The van der Waals surface area contributed by atoms with Crippen LogP contribution in [0.1, 0.15) is 11.3 Å². The molecular formula is C12H10FN3. The highest BCUT2D eigenvalue weighted by molar-refractivity contribution is 5.48. The van der Waals surface area contributed by atoms with E-state index in [9.17, 15) is 4.39 Å². The summed E-state index contributed by atoms with van der Waals surface area (Å²) in [6.45, 7) is 0.524. The summed E-state index contributed by atoms with van der Waals surface area (Å²) in [5.74, 6) is -0.411. The molecule has 2 N–H and O–H groups in total. The van der Waals surface area contributed by atoms with Gasteiger partial charge in [-0.2, -0.15) is 5.26 Å². The van der Waals surface area contributed by atoms with Crippen LogP contribution in [0.15, 0.2) is 36.5 Å². The fourth-order valence-corrected chi connectivity index (χ4v) is 1.40. The number of hydrogen-bond acceptors (Lipinski definition) is 2. The zero-order valence-corrected chi connectivity index (χ0v) is 8.50. The average molecular weight is 215 g/mol. The smallest absolute Gasteiger partial charge is 0.147 e. The Morgan fingerprint density at radius 1 is 1.38 bits per heavy atom. The lowest BCUT2D eigenvalue weighted by Gasteiger charge is -2.06. The Labute approximate surface area is 92.5 Å². The molecule has 0 aliphatic carbocycles. The van der Waals surface area contributed by atoms with Crippen LogP contribution in [0.2, 0.25) is 0 Å². The molecule has 0 atom stereocenters. The molecule has 1 heterocycles. The first-order valence-corrected chi connectivity index (χ1v) is 4.85. The minimum atomic E-state index is -0.411. The van der Waals surface area contributed by atoms with Crippen molar-refractivity contribution < 1.29 is 4.39 Å². The number of rotatable bonds is 3. The molecule has 2 aromatic rings. The van der Waals surface area contributed by atoms with Crippen molar-refractivity contribution in [2.24, 2.45) is 0 Å². The summed E-state index contributed by atoms with van der Waals surface area (Å²) < 4.78 is 13.4. The second kappa shape index (κ2) is 4.49. The summed E-state index contributed by atoms with van der Waals surface area (Å²) in [6, 6.07) is 10.1. The van der Waals surface area contributed by atoms with E-state index in [-0.39, 0.29) is 0 Å². The van der Waals surface area contributed by atoms with E-state index in [2.05, 4.69) is 10.3 Å². The predicted molar refractivity (Wildman–Crippen MR) is 59.2 cm³/mol. The molecule has 16 heavy (non-hydrogen) atoms. The molecule has 80 valence electrons. The number of hydrogen-bond donors (Lipinski definition) is 2. The first kappa shape index (κ1) is 10.2. The molecular weight excluding hydrogens is 205 g/mol. The van der Waals surface area contributed by atoms with Gasteiger partial charge in [0.05, 0.1) is 23.9 Å². The van der Waals surface area contributed by atoms with E-state index in [1.54, 1.807) is 12.1 Å². The standard InChI is InChI=1S/C12H10FN3/c13-11-6-9(7-14)3-4-12(11)16-8-10-2-1-5-15-10/h1-6,15-16H,8H2. The lowest BCUT2D eigenvalue weighted by atomic mass is 10.2. The highest BCUT2D eigenvalue weighted by Crippen LogP contribution is 2.15. The highest BCUT2D eigenvalue weighted by atomic mass is 19.1. The Hall–Kier alpha value is -2.28. The highest BCUT2D eigenvalue weighted by Gasteiger charge is 2.03. The Balaban J connectivity index is 2.08. The van der Waals surface area contributed by atoms with Gasteiger partial charge in [0.15, 0.2) is 0 Å². The molecule has 0 amide bonds. The number of H-pyrrole nitrogens is 1. The van der Waals surface area contributed by atoms with Crippen LogP contribution in [-0.2, 0) is 6.54 Å². The summed E-state index contributed by atoms with van der Waals surface area (Å²) in [6.07, 6.45) is 1.81. The summed E-state index contributed by atoms with van der Waals surface area (Å²) in [4.78, 5) is 3.01. The molecule has 0 fully saturated rings. The molecule has 0 saturated carbocycles.